The van der Waals surface area contributed by atoms with Crippen molar-refractivity contribution in [2.75, 3.05) is 13.1 Å². The summed E-state index contributed by atoms with van der Waals surface area (Å²) in [7, 11) is 0. The molecule has 1 aliphatic rings. The molecule has 0 radical (unpaired) electrons. The molecule has 0 spiro atoms. The van der Waals surface area contributed by atoms with Gasteiger partial charge in [0.25, 0.3) is 0 Å². The van der Waals surface area contributed by atoms with Gasteiger partial charge in [0, 0.05) is 25.0 Å². The number of rotatable bonds is 6. The molecule has 0 amide bonds. The molecule has 1 aromatic rings. The fraction of sp³-hybridized carbons (Fsp3) is 0.588. The Morgan fingerprint density at radius 3 is 2.48 bits per heavy atom. The zero-order chi connectivity index (χ0) is 14.4. The maximum atomic E-state index is 4.77. The average Bonchev–Trinajstić information content (AvgIpc) is 3.16. The molecule has 0 aliphatic heterocycles. The van der Waals surface area contributed by atoms with Crippen LogP contribution in [0.25, 0.3) is 0 Å². The Balaban J connectivity index is 0.00000220. The SMILES string of the molecule is CCNC(=NCC(CC)c1ccccc1)NC1CC1C.I. The van der Waals surface area contributed by atoms with Crippen molar-refractivity contribution in [2.24, 2.45) is 10.9 Å². The first-order chi connectivity index (χ1) is 9.74. The Morgan fingerprint density at radius 1 is 1.29 bits per heavy atom. The Kier molecular flexibility index (Phi) is 8.07. The van der Waals surface area contributed by atoms with Crippen LogP contribution in [0.1, 0.15) is 45.1 Å². The number of guanidine groups is 1. The van der Waals surface area contributed by atoms with E-state index in [-0.39, 0.29) is 24.0 Å². The summed E-state index contributed by atoms with van der Waals surface area (Å²) in [5.41, 5.74) is 1.38. The van der Waals surface area contributed by atoms with Gasteiger partial charge >= 0.3 is 0 Å². The molecular formula is C17H28IN3. The van der Waals surface area contributed by atoms with Gasteiger partial charge in [-0.15, -0.1) is 24.0 Å². The van der Waals surface area contributed by atoms with E-state index < -0.39 is 0 Å². The number of hydrogen-bond acceptors (Lipinski definition) is 1. The van der Waals surface area contributed by atoms with Crippen molar-refractivity contribution in [3.05, 3.63) is 35.9 Å². The highest BCUT2D eigenvalue weighted by Crippen LogP contribution is 2.28. The van der Waals surface area contributed by atoms with Crippen LogP contribution in [-0.2, 0) is 0 Å². The van der Waals surface area contributed by atoms with Crippen LogP contribution in [0, 0.1) is 5.92 Å². The molecule has 21 heavy (non-hydrogen) atoms. The van der Waals surface area contributed by atoms with E-state index in [0.717, 1.165) is 31.4 Å². The van der Waals surface area contributed by atoms with Crippen molar-refractivity contribution < 1.29 is 0 Å². The van der Waals surface area contributed by atoms with Gasteiger partial charge in [-0.05, 0) is 31.2 Å². The topological polar surface area (TPSA) is 36.4 Å². The van der Waals surface area contributed by atoms with E-state index >= 15 is 0 Å². The van der Waals surface area contributed by atoms with E-state index in [1.54, 1.807) is 0 Å². The average molecular weight is 401 g/mol. The molecule has 2 N–H and O–H groups in total. The summed E-state index contributed by atoms with van der Waals surface area (Å²) in [5, 5.41) is 6.86. The van der Waals surface area contributed by atoms with Crippen LogP contribution in [0.5, 0.6) is 0 Å². The van der Waals surface area contributed by atoms with Gasteiger partial charge in [-0.1, -0.05) is 44.2 Å². The number of benzene rings is 1. The maximum Gasteiger partial charge on any atom is 0.191 e. The maximum absolute atomic E-state index is 4.77. The molecular weight excluding hydrogens is 373 g/mol. The first-order valence-corrected chi connectivity index (χ1v) is 7.84. The van der Waals surface area contributed by atoms with Crippen LogP contribution in [0.3, 0.4) is 0 Å². The highest BCUT2D eigenvalue weighted by molar-refractivity contribution is 14.0. The predicted molar refractivity (Wildman–Crippen MR) is 102 cm³/mol. The first kappa shape index (κ1) is 18.3. The number of nitrogens with zero attached hydrogens (tertiary/aromatic N) is 1. The van der Waals surface area contributed by atoms with Crippen LogP contribution in [-0.4, -0.2) is 25.1 Å². The van der Waals surface area contributed by atoms with Gasteiger partial charge in [0.2, 0.25) is 0 Å². The molecule has 1 aliphatic carbocycles. The Labute approximate surface area is 146 Å². The standard InChI is InChI=1S/C17H27N3.HI/c1-4-14(15-9-7-6-8-10-15)12-19-17(18-5-2)20-16-11-13(16)3;/h6-10,13-14,16H,4-5,11-12H2,1-3H3,(H2,18,19,20);1H. The zero-order valence-electron chi connectivity index (χ0n) is 13.3. The summed E-state index contributed by atoms with van der Waals surface area (Å²) in [4.78, 5) is 4.77. The second kappa shape index (κ2) is 9.28. The van der Waals surface area contributed by atoms with Gasteiger partial charge < -0.3 is 10.6 Å². The lowest BCUT2D eigenvalue weighted by molar-refractivity contribution is 0.665. The number of aliphatic imine (C=N–C) groups is 1. The number of halogens is 1. The van der Waals surface area contributed by atoms with Crippen molar-refractivity contribution in [3.63, 3.8) is 0 Å². The van der Waals surface area contributed by atoms with E-state index in [1.165, 1.54) is 12.0 Å². The minimum Gasteiger partial charge on any atom is -0.357 e. The van der Waals surface area contributed by atoms with Crippen LogP contribution >= 0.6 is 24.0 Å². The molecule has 1 aromatic carbocycles. The second-order valence-corrected chi connectivity index (χ2v) is 5.70. The Bertz CT molecular complexity index is 433. The van der Waals surface area contributed by atoms with Crippen LogP contribution in [0.2, 0.25) is 0 Å². The smallest absolute Gasteiger partial charge is 0.191 e. The Morgan fingerprint density at radius 2 is 1.95 bits per heavy atom. The number of nitrogens with one attached hydrogen (secondary N) is 2. The molecule has 3 unspecified atom stereocenters. The van der Waals surface area contributed by atoms with Crippen molar-refractivity contribution in [2.45, 2.75) is 45.6 Å². The lowest BCUT2D eigenvalue weighted by atomic mass is 9.97. The quantitative estimate of drug-likeness (QED) is 0.433. The molecule has 0 heterocycles. The summed E-state index contributed by atoms with van der Waals surface area (Å²) in [5.74, 6) is 2.26. The van der Waals surface area contributed by atoms with E-state index in [1.807, 2.05) is 0 Å². The molecule has 118 valence electrons. The van der Waals surface area contributed by atoms with Crippen LogP contribution < -0.4 is 10.6 Å². The highest BCUT2D eigenvalue weighted by atomic mass is 127. The minimum absolute atomic E-state index is 0. The molecule has 2 rings (SSSR count). The second-order valence-electron chi connectivity index (χ2n) is 5.70. The highest BCUT2D eigenvalue weighted by Gasteiger charge is 2.33. The third-order valence-corrected chi connectivity index (χ3v) is 4.01. The van der Waals surface area contributed by atoms with Crippen molar-refractivity contribution in [1.29, 1.82) is 0 Å². The molecule has 1 saturated carbocycles. The third kappa shape index (κ3) is 5.85. The van der Waals surface area contributed by atoms with Crippen LogP contribution in [0.15, 0.2) is 35.3 Å². The van der Waals surface area contributed by atoms with Gasteiger partial charge in [-0.2, -0.15) is 0 Å². The number of hydrogen-bond donors (Lipinski definition) is 2. The van der Waals surface area contributed by atoms with Crippen molar-refractivity contribution >= 4 is 29.9 Å². The van der Waals surface area contributed by atoms with Crippen molar-refractivity contribution in [3.8, 4) is 0 Å². The van der Waals surface area contributed by atoms with Gasteiger partial charge in [0.05, 0.1) is 0 Å². The minimum atomic E-state index is 0. The lowest BCUT2D eigenvalue weighted by Crippen LogP contribution is -2.39. The molecule has 4 heteroatoms. The first-order valence-electron chi connectivity index (χ1n) is 7.84. The molecule has 0 saturated heterocycles. The molecule has 3 nitrogen and oxygen atoms in total. The fourth-order valence-electron chi connectivity index (χ4n) is 2.42. The summed E-state index contributed by atoms with van der Waals surface area (Å²) < 4.78 is 0. The van der Waals surface area contributed by atoms with Crippen molar-refractivity contribution in [1.82, 2.24) is 10.6 Å². The summed E-state index contributed by atoms with van der Waals surface area (Å²) in [6, 6.07) is 11.3. The fourth-order valence-corrected chi connectivity index (χ4v) is 2.42. The van der Waals surface area contributed by atoms with E-state index in [0.29, 0.717) is 12.0 Å². The van der Waals surface area contributed by atoms with Gasteiger partial charge in [0.15, 0.2) is 5.96 Å². The molecule has 0 bridgehead atoms. The molecule has 3 atom stereocenters. The van der Waals surface area contributed by atoms with Gasteiger partial charge in [0.1, 0.15) is 0 Å². The molecule has 1 fully saturated rings. The monoisotopic (exact) mass is 401 g/mol. The predicted octanol–water partition coefficient (Wildman–Crippen LogP) is 3.76. The third-order valence-electron chi connectivity index (χ3n) is 4.01. The van der Waals surface area contributed by atoms with Gasteiger partial charge in [-0.25, -0.2) is 0 Å². The van der Waals surface area contributed by atoms with E-state index in [4.69, 9.17) is 4.99 Å². The lowest BCUT2D eigenvalue weighted by Gasteiger charge is -2.15. The largest absolute Gasteiger partial charge is 0.357 e. The van der Waals surface area contributed by atoms with Gasteiger partial charge in [-0.3, -0.25) is 4.99 Å². The summed E-state index contributed by atoms with van der Waals surface area (Å²) in [6.07, 6.45) is 2.38. The normalized spacial score (nSPS) is 22.1. The summed E-state index contributed by atoms with van der Waals surface area (Å²) in [6.45, 7) is 8.38. The zero-order valence-corrected chi connectivity index (χ0v) is 15.6. The summed E-state index contributed by atoms with van der Waals surface area (Å²) >= 11 is 0. The van der Waals surface area contributed by atoms with E-state index in [9.17, 15) is 0 Å². The van der Waals surface area contributed by atoms with E-state index in [2.05, 4.69) is 61.7 Å². The molecule has 0 aromatic heterocycles. The van der Waals surface area contributed by atoms with Crippen LogP contribution in [0.4, 0.5) is 0 Å². The Hall–Kier alpha value is -0.780.